The molecule has 0 fully saturated rings. The van der Waals surface area contributed by atoms with Crippen LogP contribution in [0.4, 0.5) is 15.8 Å². The molecule has 2 N–H and O–H groups in total. The molecule has 0 spiro atoms. The molecule has 0 unspecified atom stereocenters. The van der Waals surface area contributed by atoms with Gasteiger partial charge in [0, 0.05) is 11.8 Å². The van der Waals surface area contributed by atoms with Crippen LogP contribution in [0.3, 0.4) is 0 Å². The smallest absolute Gasteiger partial charge is 0.261 e. The highest BCUT2D eigenvalue weighted by Gasteiger charge is 2.15. The number of anilines is 2. The van der Waals surface area contributed by atoms with Crippen LogP contribution in [0.2, 0.25) is 0 Å². The molecule has 0 saturated carbocycles. The van der Waals surface area contributed by atoms with Crippen LogP contribution < -0.4 is 10.0 Å². The number of nitrogens with one attached hydrogen (secondary N) is 2. The summed E-state index contributed by atoms with van der Waals surface area (Å²) in [4.78, 5) is 12.1. The van der Waals surface area contributed by atoms with Gasteiger partial charge >= 0.3 is 0 Å². The lowest BCUT2D eigenvalue weighted by Crippen LogP contribution is -2.14. The quantitative estimate of drug-likeness (QED) is 0.553. The lowest BCUT2D eigenvalue weighted by molar-refractivity contribution is -0.111. The van der Waals surface area contributed by atoms with Gasteiger partial charge in [0.25, 0.3) is 10.0 Å². The number of hydrogen-bond donors (Lipinski definition) is 2. The number of carbonyl (C=O) groups is 1. The molecule has 0 heterocycles. The summed E-state index contributed by atoms with van der Waals surface area (Å²) in [5.74, 6) is -0.734. The largest absolute Gasteiger partial charge is 0.323 e. The molecular formula is C23H21FN2O3S. The van der Waals surface area contributed by atoms with Gasteiger partial charge in [-0.05, 0) is 79.1 Å². The fourth-order valence-corrected chi connectivity index (χ4v) is 3.82. The van der Waals surface area contributed by atoms with E-state index in [0.29, 0.717) is 16.9 Å². The maximum Gasteiger partial charge on any atom is 0.261 e. The Hall–Kier alpha value is -3.45. The summed E-state index contributed by atoms with van der Waals surface area (Å²) >= 11 is 0. The summed E-state index contributed by atoms with van der Waals surface area (Å²) in [6.07, 6.45) is 2.88. The molecule has 0 aliphatic carbocycles. The van der Waals surface area contributed by atoms with Crippen molar-refractivity contribution in [2.75, 3.05) is 10.0 Å². The van der Waals surface area contributed by atoms with Gasteiger partial charge in [0.2, 0.25) is 5.91 Å². The molecule has 0 aliphatic heterocycles. The Balaban J connectivity index is 1.67. The third-order valence-corrected chi connectivity index (χ3v) is 5.75. The molecule has 7 heteroatoms. The maximum atomic E-state index is 12.9. The fraction of sp³-hybridized carbons (Fsp3) is 0.0870. The molecule has 3 aromatic carbocycles. The highest BCUT2D eigenvalue weighted by molar-refractivity contribution is 7.92. The first kappa shape index (κ1) is 21.3. The van der Waals surface area contributed by atoms with Crippen LogP contribution in [0.15, 0.2) is 77.7 Å². The van der Waals surface area contributed by atoms with Gasteiger partial charge in [0.15, 0.2) is 0 Å². The van der Waals surface area contributed by atoms with Crippen molar-refractivity contribution >= 4 is 33.4 Å². The highest BCUT2D eigenvalue weighted by Crippen LogP contribution is 2.22. The Morgan fingerprint density at radius 1 is 0.933 bits per heavy atom. The standard InChI is InChI=1S/C23H21FN2O3S/c1-16-3-4-17(2)22(15-16)26-30(28,29)21-12-10-20(11-13-21)25-23(27)14-7-18-5-8-19(24)9-6-18/h3-15,26H,1-2H3,(H,25,27)/b14-7+. The van der Waals surface area contributed by atoms with E-state index < -0.39 is 10.0 Å². The molecule has 0 atom stereocenters. The number of halogens is 1. The second-order valence-electron chi connectivity index (χ2n) is 6.82. The van der Waals surface area contributed by atoms with Gasteiger partial charge in [-0.25, -0.2) is 12.8 Å². The van der Waals surface area contributed by atoms with Gasteiger partial charge in [-0.1, -0.05) is 24.3 Å². The number of carbonyl (C=O) groups excluding carboxylic acids is 1. The average Bonchev–Trinajstić information content (AvgIpc) is 2.70. The molecule has 30 heavy (non-hydrogen) atoms. The molecule has 1 amide bonds. The van der Waals surface area contributed by atoms with Crippen molar-refractivity contribution in [3.63, 3.8) is 0 Å². The molecule has 3 rings (SSSR count). The fourth-order valence-electron chi connectivity index (χ4n) is 2.70. The maximum absolute atomic E-state index is 12.9. The second-order valence-corrected chi connectivity index (χ2v) is 8.50. The second kappa shape index (κ2) is 8.92. The predicted molar refractivity (Wildman–Crippen MR) is 117 cm³/mol. The first-order valence-corrected chi connectivity index (χ1v) is 10.7. The van der Waals surface area contributed by atoms with E-state index >= 15 is 0 Å². The van der Waals surface area contributed by atoms with E-state index in [0.717, 1.165) is 11.1 Å². The normalized spacial score (nSPS) is 11.4. The van der Waals surface area contributed by atoms with Crippen LogP contribution in [0.5, 0.6) is 0 Å². The van der Waals surface area contributed by atoms with Gasteiger partial charge in [0.1, 0.15) is 5.82 Å². The third-order valence-electron chi connectivity index (χ3n) is 4.37. The van der Waals surface area contributed by atoms with Crippen molar-refractivity contribution in [2.24, 2.45) is 0 Å². The van der Waals surface area contributed by atoms with Crippen LogP contribution in [0, 0.1) is 19.7 Å². The van der Waals surface area contributed by atoms with Crippen LogP contribution in [0.25, 0.3) is 6.08 Å². The third kappa shape index (κ3) is 5.55. The summed E-state index contributed by atoms with van der Waals surface area (Å²) in [5, 5.41) is 2.65. The predicted octanol–water partition coefficient (Wildman–Crippen LogP) is 4.90. The molecule has 0 aliphatic rings. The van der Waals surface area contributed by atoms with E-state index in [-0.39, 0.29) is 16.6 Å². The van der Waals surface area contributed by atoms with E-state index in [1.807, 2.05) is 26.0 Å². The minimum absolute atomic E-state index is 0.0864. The van der Waals surface area contributed by atoms with Crippen molar-refractivity contribution in [1.29, 1.82) is 0 Å². The number of sulfonamides is 1. The van der Waals surface area contributed by atoms with Crippen molar-refractivity contribution in [1.82, 2.24) is 0 Å². The summed E-state index contributed by atoms with van der Waals surface area (Å²) in [6, 6.07) is 17.1. The zero-order valence-corrected chi connectivity index (χ0v) is 17.3. The zero-order chi connectivity index (χ0) is 21.7. The summed E-state index contributed by atoms with van der Waals surface area (Å²) in [7, 11) is -3.75. The van der Waals surface area contributed by atoms with Crippen molar-refractivity contribution in [3.05, 3.63) is 95.3 Å². The van der Waals surface area contributed by atoms with Crippen LogP contribution in [-0.2, 0) is 14.8 Å². The van der Waals surface area contributed by atoms with Crippen molar-refractivity contribution in [2.45, 2.75) is 18.7 Å². The van der Waals surface area contributed by atoms with Gasteiger partial charge < -0.3 is 5.32 Å². The number of benzene rings is 3. The first-order valence-electron chi connectivity index (χ1n) is 9.18. The molecule has 0 radical (unpaired) electrons. The average molecular weight is 424 g/mol. The monoisotopic (exact) mass is 424 g/mol. The summed E-state index contributed by atoms with van der Waals surface area (Å²) in [6.45, 7) is 3.72. The molecule has 0 saturated heterocycles. The Bertz CT molecular complexity index is 1190. The van der Waals surface area contributed by atoms with Gasteiger partial charge in [-0.15, -0.1) is 0 Å². The molecule has 154 valence electrons. The van der Waals surface area contributed by atoms with E-state index in [1.54, 1.807) is 24.3 Å². The lowest BCUT2D eigenvalue weighted by Gasteiger charge is -2.12. The lowest BCUT2D eigenvalue weighted by atomic mass is 10.1. The number of aryl methyl sites for hydroxylation is 2. The first-order chi connectivity index (χ1) is 14.2. The van der Waals surface area contributed by atoms with Gasteiger partial charge in [-0.3, -0.25) is 9.52 Å². The van der Waals surface area contributed by atoms with Crippen LogP contribution in [-0.4, -0.2) is 14.3 Å². The SMILES string of the molecule is Cc1ccc(C)c(NS(=O)(=O)c2ccc(NC(=O)/C=C/c3ccc(F)cc3)cc2)c1. The zero-order valence-electron chi connectivity index (χ0n) is 16.5. The van der Waals surface area contributed by atoms with E-state index in [4.69, 9.17) is 0 Å². The highest BCUT2D eigenvalue weighted by atomic mass is 32.2. The van der Waals surface area contributed by atoms with E-state index in [1.165, 1.54) is 42.5 Å². The minimum Gasteiger partial charge on any atom is -0.323 e. The minimum atomic E-state index is -3.75. The van der Waals surface area contributed by atoms with Gasteiger partial charge in [0.05, 0.1) is 10.6 Å². The molecule has 0 bridgehead atoms. The van der Waals surface area contributed by atoms with E-state index in [2.05, 4.69) is 10.0 Å². The van der Waals surface area contributed by atoms with Crippen molar-refractivity contribution in [3.8, 4) is 0 Å². The summed E-state index contributed by atoms with van der Waals surface area (Å²) < 4.78 is 40.8. The van der Waals surface area contributed by atoms with Crippen molar-refractivity contribution < 1.29 is 17.6 Å². The Labute approximate surface area is 175 Å². The number of rotatable bonds is 6. The van der Waals surface area contributed by atoms with E-state index in [9.17, 15) is 17.6 Å². The molecule has 5 nitrogen and oxygen atoms in total. The molecule has 0 aromatic heterocycles. The summed E-state index contributed by atoms with van der Waals surface area (Å²) in [5.41, 5.74) is 3.43. The topological polar surface area (TPSA) is 75.3 Å². The number of amides is 1. The number of hydrogen-bond acceptors (Lipinski definition) is 3. The Morgan fingerprint density at radius 3 is 2.27 bits per heavy atom. The Kier molecular flexibility index (Phi) is 6.32. The molecular weight excluding hydrogens is 403 g/mol. The van der Waals surface area contributed by atoms with Gasteiger partial charge in [-0.2, -0.15) is 0 Å². The van der Waals surface area contributed by atoms with Crippen LogP contribution >= 0.6 is 0 Å². The Morgan fingerprint density at radius 2 is 1.60 bits per heavy atom. The molecule has 3 aromatic rings. The van der Waals surface area contributed by atoms with Crippen LogP contribution in [0.1, 0.15) is 16.7 Å².